The molecule has 0 saturated carbocycles. The van der Waals surface area contributed by atoms with Crippen molar-refractivity contribution in [2.75, 3.05) is 5.73 Å². The summed E-state index contributed by atoms with van der Waals surface area (Å²) in [5, 5.41) is 15.8. The van der Waals surface area contributed by atoms with Gasteiger partial charge in [0, 0.05) is 22.6 Å². The summed E-state index contributed by atoms with van der Waals surface area (Å²) in [5.74, 6) is 0.488. The molecule has 28 heavy (non-hydrogen) atoms. The molecule has 0 spiro atoms. The van der Waals surface area contributed by atoms with Gasteiger partial charge >= 0.3 is 0 Å². The second-order valence-electron chi connectivity index (χ2n) is 6.03. The molecular formula is C21H16N4O2S. The number of nitrogen functional groups attached to an aromatic ring is 1. The minimum absolute atomic E-state index is 0.0419. The fraction of sp³-hybridized carbons (Fsp3) is 0. The third-order valence-electron chi connectivity index (χ3n) is 4.17. The lowest BCUT2D eigenvalue weighted by Gasteiger charge is -2.05. The smallest absolute Gasteiger partial charge is 0.270 e. The molecule has 0 bridgehead atoms. The second kappa shape index (κ2) is 7.58. The number of anilines is 1. The van der Waals surface area contributed by atoms with E-state index in [-0.39, 0.29) is 5.69 Å². The fourth-order valence-electron chi connectivity index (χ4n) is 2.85. The largest absolute Gasteiger partial charge is 0.383 e. The molecule has 6 nitrogen and oxygen atoms in total. The van der Waals surface area contributed by atoms with Crippen molar-refractivity contribution in [2.24, 2.45) is 0 Å². The molecule has 0 radical (unpaired) electrons. The summed E-state index contributed by atoms with van der Waals surface area (Å²) in [4.78, 5) is 12.2. The van der Waals surface area contributed by atoms with Crippen molar-refractivity contribution in [3.8, 4) is 16.9 Å². The van der Waals surface area contributed by atoms with E-state index >= 15 is 0 Å². The Balaban J connectivity index is 1.84. The quantitative estimate of drug-likeness (QED) is 0.376. The number of para-hydroxylation sites is 1. The Morgan fingerprint density at radius 2 is 1.61 bits per heavy atom. The fourth-order valence-corrected chi connectivity index (χ4v) is 3.86. The van der Waals surface area contributed by atoms with E-state index in [1.165, 1.54) is 17.8 Å². The van der Waals surface area contributed by atoms with Gasteiger partial charge in [-0.1, -0.05) is 66.4 Å². The van der Waals surface area contributed by atoms with Crippen LogP contribution < -0.4 is 5.73 Å². The number of nitrogens with zero attached hydrogens (tertiary/aromatic N) is 3. The van der Waals surface area contributed by atoms with E-state index in [4.69, 9.17) is 10.8 Å². The zero-order chi connectivity index (χ0) is 19.5. The molecule has 0 amide bonds. The van der Waals surface area contributed by atoms with Crippen LogP contribution >= 0.6 is 11.8 Å². The number of nitro groups is 1. The molecule has 1 heterocycles. The number of nitro benzene ring substituents is 1. The summed E-state index contributed by atoms with van der Waals surface area (Å²) in [5.41, 5.74) is 9.02. The van der Waals surface area contributed by atoms with Crippen molar-refractivity contribution in [1.82, 2.24) is 9.78 Å². The first-order valence-corrected chi connectivity index (χ1v) is 9.37. The van der Waals surface area contributed by atoms with Crippen LogP contribution in [0.3, 0.4) is 0 Å². The highest BCUT2D eigenvalue weighted by Crippen LogP contribution is 2.41. The van der Waals surface area contributed by atoms with E-state index in [2.05, 4.69) is 0 Å². The van der Waals surface area contributed by atoms with Gasteiger partial charge in [-0.3, -0.25) is 10.1 Å². The Morgan fingerprint density at radius 1 is 0.929 bits per heavy atom. The molecule has 3 aromatic carbocycles. The summed E-state index contributed by atoms with van der Waals surface area (Å²) in [6.45, 7) is 0. The van der Waals surface area contributed by atoms with Crippen LogP contribution in [0.25, 0.3) is 16.9 Å². The molecule has 0 aliphatic rings. The number of benzene rings is 3. The number of rotatable bonds is 5. The first kappa shape index (κ1) is 17.8. The third-order valence-corrected chi connectivity index (χ3v) is 5.27. The molecule has 7 heteroatoms. The lowest BCUT2D eigenvalue weighted by molar-refractivity contribution is -0.385. The first-order chi connectivity index (χ1) is 13.6. The summed E-state index contributed by atoms with van der Waals surface area (Å²) in [6.07, 6.45) is 0. The maximum absolute atomic E-state index is 11.1. The predicted molar refractivity (Wildman–Crippen MR) is 111 cm³/mol. The molecule has 1 aromatic heterocycles. The van der Waals surface area contributed by atoms with Crippen LogP contribution in [0.5, 0.6) is 0 Å². The van der Waals surface area contributed by atoms with Gasteiger partial charge in [-0.2, -0.15) is 5.10 Å². The standard InChI is InChI=1S/C21H16N4O2S/c22-21-20(28-18-13-7-12-17(14-18)25(26)27)19(15-8-3-1-4-9-15)23-24(21)16-10-5-2-6-11-16/h1-14H,22H2. The van der Waals surface area contributed by atoms with Gasteiger partial charge in [0.15, 0.2) is 0 Å². The molecule has 2 N–H and O–H groups in total. The highest BCUT2D eigenvalue weighted by Gasteiger charge is 2.20. The minimum Gasteiger partial charge on any atom is -0.383 e. The van der Waals surface area contributed by atoms with E-state index < -0.39 is 4.92 Å². The van der Waals surface area contributed by atoms with Crippen LogP contribution in [0.2, 0.25) is 0 Å². The average Bonchev–Trinajstić information content (AvgIpc) is 3.06. The van der Waals surface area contributed by atoms with Crippen molar-refractivity contribution in [2.45, 2.75) is 9.79 Å². The normalized spacial score (nSPS) is 10.7. The molecule has 0 saturated heterocycles. The molecule has 0 unspecified atom stereocenters. The molecule has 0 aliphatic carbocycles. The topological polar surface area (TPSA) is 87.0 Å². The maximum Gasteiger partial charge on any atom is 0.270 e. The van der Waals surface area contributed by atoms with Gasteiger partial charge in [0.1, 0.15) is 11.5 Å². The summed E-state index contributed by atoms with van der Waals surface area (Å²) < 4.78 is 1.70. The summed E-state index contributed by atoms with van der Waals surface area (Å²) in [6, 6.07) is 25.9. The van der Waals surface area contributed by atoms with E-state index in [9.17, 15) is 10.1 Å². The Hall–Kier alpha value is -3.58. The van der Waals surface area contributed by atoms with E-state index in [1.54, 1.807) is 16.8 Å². The van der Waals surface area contributed by atoms with Crippen molar-refractivity contribution in [3.05, 3.63) is 95.0 Å². The van der Waals surface area contributed by atoms with Crippen LogP contribution in [0.4, 0.5) is 11.5 Å². The SMILES string of the molecule is Nc1c(Sc2cccc([N+](=O)[O-])c2)c(-c2ccccc2)nn1-c1ccccc1. The lowest BCUT2D eigenvalue weighted by atomic mass is 10.1. The summed E-state index contributed by atoms with van der Waals surface area (Å²) in [7, 11) is 0. The molecule has 138 valence electrons. The number of hydrogen-bond acceptors (Lipinski definition) is 5. The van der Waals surface area contributed by atoms with Crippen LogP contribution in [-0.2, 0) is 0 Å². The summed E-state index contributed by atoms with van der Waals surface area (Å²) >= 11 is 1.37. The van der Waals surface area contributed by atoms with Gasteiger partial charge in [-0.15, -0.1) is 0 Å². The Kier molecular flexibility index (Phi) is 4.82. The monoisotopic (exact) mass is 388 g/mol. The van der Waals surface area contributed by atoms with Gasteiger partial charge in [0.2, 0.25) is 0 Å². The molecule has 0 fully saturated rings. The van der Waals surface area contributed by atoms with Gasteiger partial charge in [-0.25, -0.2) is 4.68 Å². The van der Waals surface area contributed by atoms with Crippen LogP contribution in [0.15, 0.2) is 94.7 Å². The van der Waals surface area contributed by atoms with Crippen LogP contribution in [-0.4, -0.2) is 14.7 Å². The number of nitrogens with two attached hydrogens (primary N) is 1. The van der Waals surface area contributed by atoms with Crippen LogP contribution in [0, 0.1) is 10.1 Å². The zero-order valence-corrected chi connectivity index (χ0v) is 15.5. The van der Waals surface area contributed by atoms with E-state index in [0.29, 0.717) is 5.82 Å². The van der Waals surface area contributed by atoms with Crippen molar-refractivity contribution in [1.29, 1.82) is 0 Å². The Labute approximate surface area is 165 Å². The minimum atomic E-state index is -0.404. The molecule has 0 atom stereocenters. The molecule has 0 aliphatic heterocycles. The average molecular weight is 388 g/mol. The second-order valence-corrected chi connectivity index (χ2v) is 7.12. The van der Waals surface area contributed by atoms with Gasteiger partial charge < -0.3 is 5.73 Å². The number of hydrogen-bond donors (Lipinski definition) is 1. The molecule has 4 rings (SSSR count). The zero-order valence-electron chi connectivity index (χ0n) is 14.7. The van der Waals surface area contributed by atoms with E-state index in [0.717, 1.165) is 26.7 Å². The number of aromatic nitrogens is 2. The van der Waals surface area contributed by atoms with Crippen molar-refractivity contribution < 1.29 is 4.92 Å². The molecular weight excluding hydrogens is 372 g/mol. The van der Waals surface area contributed by atoms with E-state index in [1.807, 2.05) is 66.7 Å². The highest BCUT2D eigenvalue weighted by molar-refractivity contribution is 7.99. The Bertz CT molecular complexity index is 1130. The number of non-ortho nitro benzene ring substituents is 1. The third kappa shape index (κ3) is 3.47. The van der Waals surface area contributed by atoms with Crippen molar-refractivity contribution in [3.63, 3.8) is 0 Å². The Morgan fingerprint density at radius 3 is 2.29 bits per heavy atom. The van der Waals surface area contributed by atoms with Crippen LogP contribution in [0.1, 0.15) is 0 Å². The van der Waals surface area contributed by atoms with Gasteiger partial charge in [-0.05, 0) is 18.2 Å². The maximum atomic E-state index is 11.1. The highest BCUT2D eigenvalue weighted by atomic mass is 32.2. The predicted octanol–water partition coefficient (Wildman–Crippen LogP) is 5.18. The lowest BCUT2D eigenvalue weighted by Crippen LogP contribution is -2.01. The first-order valence-electron chi connectivity index (χ1n) is 8.55. The van der Waals surface area contributed by atoms with Crippen molar-refractivity contribution >= 4 is 23.3 Å². The van der Waals surface area contributed by atoms with Gasteiger partial charge in [0.25, 0.3) is 5.69 Å². The molecule has 4 aromatic rings. The van der Waals surface area contributed by atoms with Gasteiger partial charge in [0.05, 0.1) is 15.5 Å².